The van der Waals surface area contributed by atoms with Gasteiger partial charge in [0.15, 0.2) is 0 Å². The molecule has 25 heavy (non-hydrogen) atoms. The molecule has 1 amide bonds. The fourth-order valence-electron chi connectivity index (χ4n) is 4.07. The maximum absolute atomic E-state index is 14.4. The summed E-state index contributed by atoms with van der Waals surface area (Å²) in [5.41, 5.74) is 2.91. The van der Waals surface area contributed by atoms with Crippen LogP contribution in [0.2, 0.25) is 0 Å². The quantitative estimate of drug-likeness (QED) is 0.914. The van der Waals surface area contributed by atoms with E-state index in [1.54, 1.807) is 12.1 Å². The fourth-order valence-corrected chi connectivity index (χ4v) is 4.07. The summed E-state index contributed by atoms with van der Waals surface area (Å²) in [6.45, 7) is 2.62. The molecule has 4 rings (SSSR count). The third-order valence-electron chi connectivity index (χ3n) is 5.33. The van der Waals surface area contributed by atoms with E-state index in [1.807, 2.05) is 18.2 Å². The number of likely N-dealkylation sites (N-methyl/N-ethyl adjacent to an activating group) is 1. The smallest absolute Gasteiger partial charge is 0.251 e. The first kappa shape index (κ1) is 16.1. The monoisotopic (exact) mass is 340 g/mol. The standard InChI is InChI=1S/C20H21FN2O2/c1-23-10-13-9-22-20(24)17-7-12(3-5-16(17)18(13)11-23)15-6-4-14(25-2)8-19(15)21/h3-8,13,18H,9-11H2,1-2H3,(H,22,24)/t13-,18-/m0/s1. The number of hydrogen-bond acceptors (Lipinski definition) is 3. The van der Waals surface area contributed by atoms with Crippen LogP contribution in [0, 0.1) is 11.7 Å². The Balaban J connectivity index is 1.78. The van der Waals surface area contributed by atoms with Crippen molar-refractivity contribution in [3.8, 4) is 16.9 Å². The predicted molar refractivity (Wildman–Crippen MR) is 94.4 cm³/mol. The lowest BCUT2D eigenvalue weighted by Gasteiger charge is -2.17. The van der Waals surface area contributed by atoms with E-state index in [1.165, 1.54) is 13.2 Å². The predicted octanol–water partition coefficient (Wildman–Crippen LogP) is 2.89. The van der Waals surface area contributed by atoms with Crippen LogP contribution in [0.1, 0.15) is 21.8 Å². The van der Waals surface area contributed by atoms with Gasteiger partial charge in [-0.15, -0.1) is 0 Å². The average Bonchev–Trinajstić information content (AvgIpc) is 2.94. The highest BCUT2D eigenvalue weighted by Gasteiger charge is 2.36. The van der Waals surface area contributed by atoms with Gasteiger partial charge in [-0.3, -0.25) is 4.79 Å². The number of carbonyl (C=O) groups is 1. The first-order valence-electron chi connectivity index (χ1n) is 8.51. The summed E-state index contributed by atoms with van der Waals surface area (Å²) in [7, 11) is 3.62. The highest BCUT2D eigenvalue weighted by Crippen LogP contribution is 2.37. The van der Waals surface area contributed by atoms with Crippen LogP contribution in [0.3, 0.4) is 0 Å². The Kier molecular flexibility index (Phi) is 3.96. The second-order valence-electron chi connectivity index (χ2n) is 6.95. The maximum Gasteiger partial charge on any atom is 0.251 e. The lowest BCUT2D eigenvalue weighted by Crippen LogP contribution is -2.29. The number of ether oxygens (including phenoxy) is 1. The summed E-state index contributed by atoms with van der Waals surface area (Å²) in [5.74, 6) is 0.827. The lowest BCUT2D eigenvalue weighted by atomic mass is 9.86. The highest BCUT2D eigenvalue weighted by molar-refractivity contribution is 5.97. The Hall–Kier alpha value is -2.40. The van der Waals surface area contributed by atoms with Gasteiger partial charge in [-0.25, -0.2) is 4.39 Å². The normalized spacial score (nSPS) is 22.8. The number of fused-ring (bicyclic) bond motifs is 3. The average molecular weight is 340 g/mol. The molecule has 0 saturated carbocycles. The second-order valence-corrected chi connectivity index (χ2v) is 6.95. The van der Waals surface area contributed by atoms with E-state index in [-0.39, 0.29) is 11.7 Å². The zero-order chi connectivity index (χ0) is 17.6. The molecule has 0 aromatic heterocycles. The van der Waals surface area contributed by atoms with Gasteiger partial charge in [0.1, 0.15) is 11.6 Å². The number of rotatable bonds is 2. The molecule has 2 atom stereocenters. The molecule has 2 aromatic rings. The zero-order valence-corrected chi connectivity index (χ0v) is 14.4. The summed E-state index contributed by atoms with van der Waals surface area (Å²) >= 11 is 0. The van der Waals surface area contributed by atoms with E-state index >= 15 is 0 Å². The third-order valence-corrected chi connectivity index (χ3v) is 5.33. The van der Waals surface area contributed by atoms with Crippen LogP contribution >= 0.6 is 0 Å². The summed E-state index contributed by atoms with van der Waals surface area (Å²) in [5, 5.41) is 3.02. The molecule has 0 aliphatic carbocycles. The highest BCUT2D eigenvalue weighted by atomic mass is 19.1. The van der Waals surface area contributed by atoms with Gasteiger partial charge in [-0.1, -0.05) is 12.1 Å². The van der Waals surface area contributed by atoms with Crippen LogP contribution in [0.5, 0.6) is 5.75 Å². The number of nitrogens with zero attached hydrogens (tertiary/aromatic N) is 1. The van der Waals surface area contributed by atoms with Crippen LogP contribution in [0.4, 0.5) is 4.39 Å². The molecule has 1 saturated heterocycles. The Morgan fingerprint density at radius 1 is 1.16 bits per heavy atom. The van der Waals surface area contributed by atoms with Gasteiger partial charge >= 0.3 is 0 Å². The Morgan fingerprint density at radius 3 is 2.76 bits per heavy atom. The van der Waals surface area contributed by atoms with E-state index in [0.717, 1.165) is 18.7 Å². The van der Waals surface area contributed by atoms with Crippen molar-refractivity contribution in [1.29, 1.82) is 0 Å². The van der Waals surface area contributed by atoms with E-state index in [9.17, 15) is 9.18 Å². The number of amides is 1. The van der Waals surface area contributed by atoms with Crippen molar-refractivity contribution in [2.75, 3.05) is 33.8 Å². The minimum Gasteiger partial charge on any atom is -0.497 e. The van der Waals surface area contributed by atoms with Crippen LogP contribution in [-0.2, 0) is 0 Å². The first-order valence-corrected chi connectivity index (χ1v) is 8.51. The molecule has 1 fully saturated rings. The number of methoxy groups -OCH3 is 1. The molecule has 2 aromatic carbocycles. The largest absolute Gasteiger partial charge is 0.497 e. The Bertz CT molecular complexity index is 836. The van der Waals surface area contributed by atoms with Crippen molar-refractivity contribution in [2.45, 2.75) is 5.92 Å². The fraction of sp³-hybridized carbons (Fsp3) is 0.350. The van der Waals surface area contributed by atoms with Gasteiger partial charge in [0.05, 0.1) is 7.11 Å². The van der Waals surface area contributed by atoms with Gasteiger partial charge in [0, 0.05) is 42.7 Å². The SMILES string of the molecule is COc1ccc(-c2ccc3c(c2)C(=O)NC[C@H]2CN(C)C[C@H]32)c(F)c1. The van der Waals surface area contributed by atoms with Gasteiger partial charge < -0.3 is 15.0 Å². The Morgan fingerprint density at radius 2 is 2.00 bits per heavy atom. The molecule has 130 valence electrons. The van der Waals surface area contributed by atoms with Crippen molar-refractivity contribution in [3.63, 3.8) is 0 Å². The van der Waals surface area contributed by atoms with E-state index < -0.39 is 0 Å². The van der Waals surface area contributed by atoms with E-state index in [2.05, 4.69) is 17.3 Å². The molecule has 0 unspecified atom stereocenters. The second kappa shape index (κ2) is 6.15. The van der Waals surface area contributed by atoms with Crippen molar-refractivity contribution in [3.05, 3.63) is 53.3 Å². The lowest BCUT2D eigenvalue weighted by molar-refractivity contribution is 0.0951. The third kappa shape index (κ3) is 2.78. The molecular formula is C20H21FN2O2. The van der Waals surface area contributed by atoms with Crippen molar-refractivity contribution in [1.82, 2.24) is 10.2 Å². The van der Waals surface area contributed by atoms with Crippen LogP contribution in [-0.4, -0.2) is 44.6 Å². The first-order chi connectivity index (χ1) is 12.1. The van der Waals surface area contributed by atoms with Gasteiger partial charge in [0.2, 0.25) is 0 Å². The van der Waals surface area contributed by atoms with Crippen molar-refractivity contribution in [2.24, 2.45) is 5.92 Å². The number of hydrogen-bond donors (Lipinski definition) is 1. The Labute approximate surface area is 146 Å². The molecule has 5 heteroatoms. The number of benzene rings is 2. The molecule has 2 aliphatic rings. The topological polar surface area (TPSA) is 41.6 Å². The molecular weight excluding hydrogens is 319 g/mol. The molecule has 0 radical (unpaired) electrons. The van der Waals surface area contributed by atoms with Gasteiger partial charge in [-0.2, -0.15) is 0 Å². The summed E-state index contributed by atoms with van der Waals surface area (Å²) < 4.78 is 19.5. The number of likely N-dealkylation sites (tertiary alicyclic amines) is 1. The molecule has 2 heterocycles. The molecule has 4 nitrogen and oxygen atoms in total. The van der Waals surface area contributed by atoms with Gasteiger partial charge in [-0.05, 0) is 42.3 Å². The molecule has 2 aliphatic heterocycles. The zero-order valence-electron chi connectivity index (χ0n) is 14.4. The van der Waals surface area contributed by atoms with Crippen LogP contribution < -0.4 is 10.1 Å². The van der Waals surface area contributed by atoms with E-state index in [4.69, 9.17) is 4.74 Å². The molecule has 1 N–H and O–H groups in total. The van der Waals surface area contributed by atoms with Crippen molar-refractivity contribution < 1.29 is 13.9 Å². The summed E-state index contributed by atoms with van der Waals surface area (Å²) in [6.07, 6.45) is 0. The van der Waals surface area contributed by atoms with Crippen molar-refractivity contribution >= 4 is 5.91 Å². The van der Waals surface area contributed by atoms with E-state index in [0.29, 0.717) is 40.8 Å². The number of halogens is 1. The minimum absolute atomic E-state index is 0.0668. The molecule has 0 bridgehead atoms. The molecule has 0 spiro atoms. The van der Waals surface area contributed by atoms with Crippen LogP contribution in [0.25, 0.3) is 11.1 Å². The number of carbonyl (C=O) groups excluding carboxylic acids is 1. The summed E-state index contributed by atoms with van der Waals surface area (Å²) in [6, 6.07) is 10.5. The minimum atomic E-state index is -0.355. The van der Waals surface area contributed by atoms with Crippen LogP contribution in [0.15, 0.2) is 36.4 Å². The van der Waals surface area contributed by atoms with Gasteiger partial charge in [0.25, 0.3) is 5.91 Å². The maximum atomic E-state index is 14.4. The summed E-state index contributed by atoms with van der Waals surface area (Å²) in [4.78, 5) is 14.8. The number of nitrogens with one attached hydrogen (secondary N) is 1.